The van der Waals surface area contributed by atoms with Crippen LogP contribution < -0.4 is 5.32 Å². The van der Waals surface area contributed by atoms with Crippen LogP contribution in [0.1, 0.15) is 40.6 Å². The minimum absolute atomic E-state index is 0.892. The molecule has 0 atom stereocenters. The Kier molecular flexibility index (Phi) is 4.77. The first-order valence-corrected chi connectivity index (χ1v) is 7.78. The highest BCUT2D eigenvalue weighted by atomic mass is 32.1. The fraction of sp³-hybridized carbons (Fsp3) is 0.533. The number of hydrogen-bond donors (Lipinski definition) is 1. The summed E-state index contributed by atoms with van der Waals surface area (Å²) in [5, 5.41) is 8.06. The highest BCUT2D eigenvalue weighted by molar-refractivity contribution is 7.11. The molecule has 104 valence electrons. The summed E-state index contributed by atoms with van der Waals surface area (Å²) >= 11 is 1.89. The fourth-order valence-corrected chi connectivity index (χ4v) is 3.18. The minimum atomic E-state index is 0.892. The fourth-order valence-electron chi connectivity index (χ4n) is 2.24. The molecule has 0 aliphatic heterocycles. The standard InChI is InChI=1S/C15H23N3S/c1-5-13-7-8-14(19-13)10-18-12(4)15(9-16-6-2)11(3)17-18/h7-8,16H,5-6,9-10H2,1-4H3. The number of rotatable bonds is 6. The summed E-state index contributed by atoms with van der Waals surface area (Å²) in [6, 6.07) is 4.45. The van der Waals surface area contributed by atoms with Crippen LogP contribution in [0.25, 0.3) is 0 Å². The van der Waals surface area contributed by atoms with Gasteiger partial charge in [-0.15, -0.1) is 11.3 Å². The molecule has 1 N–H and O–H groups in total. The molecule has 2 rings (SSSR count). The molecule has 3 nitrogen and oxygen atoms in total. The molecule has 0 aromatic carbocycles. The second kappa shape index (κ2) is 6.35. The Morgan fingerprint density at radius 1 is 1.21 bits per heavy atom. The van der Waals surface area contributed by atoms with Gasteiger partial charge >= 0.3 is 0 Å². The summed E-state index contributed by atoms with van der Waals surface area (Å²) in [7, 11) is 0. The molecular formula is C15H23N3S. The zero-order chi connectivity index (χ0) is 13.8. The molecule has 0 amide bonds. The first-order chi connectivity index (χ1) is 9.15. The van der Waals surface area contributed by atoms with E-state index < -0.39 is 0 Å². The average Bonchev–Trinajstić information content (AvgIpc) is 2.95. The van der Waals surface area contributed by atoms with Crippen molar-refractivity contribution >= 4 is 11.3 Å². The first kappa shape index (κ1) is 14.3. The largest absolute Gasteiger partial charge is 0.313 e. The van der Waals surface area contributed by atoms with Crippen LogP contribution in [-0.4, -0.2) is 16.3 Å². The lowest BCUT2D eigenvalue weighted by Gasteiger charge is -2.04. The second-order valence-electron chi connectivity index (χ2n) is 4.81. The number of thiophene rings is 1. The number of nitrogens with one attached hydrogen (secondary N) is 1. The van der Waals surface area contributed by atoms with Crippen LogP contribution in [0.5, 0.6) is 0 Å². The van der Waals surface area contributed by atoms with Crippen molar-refractivity contribution < 1.29 is 0 Å². The van der Waals surface area contributed by atoms with Crippen LogP contribution in [0.3, 0.4) is 0 Å². The third kappa shape index (κ3) is 3.25. The van der Waals surface area contributed by atoms with Crippen LogP contribution in [-0.2, 0) is 19.5 Å². The van der Waals surface area contributed by atoms with Gasteiger partial charge in [-0.05, 0) is 38.9 Å². The molecule has 4 heteroatoms. The topological polar surface area (TPSA) is 29.9 Å². The molecule has 2 aromatic heterocycles. The van der Waals surface area contributed by atoms with E-state index in [1.54, 1.807) is 0 Å². The van der Waals surface area contributed by atoms with Gasteiger partial charge in [0, 0.05) is 27.6 Å². The van der Waals surface area contributed by atoms with Crippen molar-refractivity contribution in [1.82, 2.24) is 15.1 Å². The van der Waals surface area contributed by atoms with Crippen LogP contribution in [0.2, 0.25) is 0 Å². The van der Waals surface area contributed by atoms with Gasteiger partial charge in [0.15, 0.2) is 0 Å². The smallest absolute Gasteiger partial charge is 0.0755 e. The Balaban J connectivity index is 2.16. The van der Waals surface area contributed by atoms with Crippen molar-refractivity contribution in [2.24, 2.45) is 0 Å². The molecule has 0 aliphatic carbocycles. The summed E-state index contributed by atoms with van der Waals surface area (Å²) in [6.45, 7) is 11.4. The summed E-state index contributed by atoms with van der Waals surface area (Å²) in [4.78, 5) is 2.84. The Morgan fingerprint density at radius 2 is 1.95 bits per heavy atom. The zero-order valence-corrected chi connectivity index (χ0v) is 13.1. The van der Waals surface area contributed by atoms with Gasteiger partial charge in [-0.2, -0.15) is 5.10 Å². The van der Waals surface area contributed by atoms with Crippen molar-refractivity contribution in [3.05, 3.63) is 38.8 Å². The summed E-state index contributed by atoms with van der Waals surface area (Å²) in [5.41, 5.74) is 3.77. The van der Waals surface area contributed by atoms with E-state index in [4.69, 9.17) is 0 Å². The molecule has 0 radical (unpaired) electrons. The lowest BCUT2D eigenvalue weighted by atomic mass is 10.2. The highest BCUT2D eigenvalue weighted by Gasteiger charge is 2.11. The summed E-state index contributed by atoms with van der Waals surface area (Å²) in [6.07, 6.45) is 1.12. The van der Waals surface area contributed by atoms with E-state index in [1.165, 1.54) is 21.0 Å². The molecule has 0 spiro atoms. The van der Waals surface area contributed by atoms with E-state index in [-0.39, 0.29) is 0 Å². The van der Waals surface area contributed by atoms with Crippen molar-refractivity contribution in [2.45, 2.75) is 47.2 Å². The number of nitrogens with zero attached hydrogens (tertiary/aromatic N) is 2. The van der Waals surface area contributed by atoms with Gasteiger partial charge in [0.2, 0.25) is 0 Å². The molecule has 0 bridgehead atoms. The van der Waals surface area contributed by atoms with Gasteiger partial charge in [-0.25, -0.2) is 0 Å². The SMILES string of the molecule is CCNCc1c(C)nn(Cc2ccc(CC)s2)c1C. The van der Waals surface area contributed by atoms with E-state index >= 15 is 0 Å². The minimum Gasteiger partial charge on any atom is -0.313 e. The molecule has 2 aromatic rings. The number of hydrogen-bond acceptors (Lipinski definition) is 3. The van der Waals surface area contributed by atoms with E-state index in [9.17, 15) is 0 Å². The Bertz CT molecular complexity index is 540. The Morgan fingerprint density at radius 3 is 2.58 bits per heavy atom. The van der Waals surface area contributed by atoms with Gasteiger partial charge in [-0.1, -0.05) is 13.8 Å². The van der Waals surface area contributed by atoms with E-state index in [2.05, 4.69) is 54.9 Å². The molecule has 0 aliphatic rings. The molecule has 2 heterocycles. The van der Waals surface area contributed by atoms with Gasteiger partial charge in [0.05, 0.1) is 12.2 Å². The normalized spacial score (nSPS) is 11.2. The molecule has 0 fully saturated rings. The van der Waals surface area contributed by atoms with Crippen molar-refractivity contribution in [2.75, 3.05) is 6.54 Å². The van der Waals surface area contributed by atoms with Crippen molar-refractivity contribution in [3.8, 4) is 0 Å². The van der Waals surface area contributed by atoms with Gasteiger partial charge in [0.25, 0.3) is 0 Å². The maximum atomic E-state index is 4.68. The van der Waals surface area contributed by atoms with E-state index in [1.807, 2.05) is 11.3 Å². The monoisotopic (exact) mass is 277 g/mol. The van der Waals surface area contributed by atoms with Crippen molar-refractivity contribution in [3.63, 3.8) is 0 Å². The number of aryl methyl sites for hydroxylation is 2. The summed E-state index contributed by atoms with van der Waals surface area (Å²) < 4.78 is 2.13. The van der Waals surface area contributed by atoms with Gasteiger partial charge in [0.1, 0.15) is 0 Å². The van der Waals surface area contributed by atoms with E-state index in [0.717, 1.165) is 31.7 Å². The maximum absolute atomic E-state index is 4.68. The number of aromatic nitrogens is 2. The second-order valence-corrected chi connectivity index (χ2v) is 6.06. The quantitative estimate of drug-likeness (QED) is 0.878. The lowest BCUT2D eigenvalue weighted by Crippen LogP contribution is -2.13. The molecular weight excluding hydrogens is 254 g/mol. The average molecular weight is 277 g/mol. The van der Waals surface area contributed by atoms with Crippen molar-refractivity contribution in [1.29, 1.82) is 0 Å². The lowest BCUT2D eigenvalue weighted by molar-refractivity contribution is 0.662. The summed E-state index contributed by atoms with van der Waals surface area (Å²) in [5.74, 6) is 0. The predicted molar refractivity (Wildman–Crippen MR) is 81.9 cm³/mol. The third-order valence-electron chi connectivity index (χ3n) is 3.45. The molecule has 0 saturated heterocycles. The third-order valence-corrected chi connectivity index (χ3v) is 4.67. The zero-order valence-electron chi connectivity index (χ0n) is 12.3. The molecule has 0 saturated carbocycles. The van der Waals surface area contributed by atoms with Gasteiger partial charge in [-0.3, -0.25) is 4.68 Å². The Hall–Kier alpha value is -1.13. The molecule has 19 heavy (non-hydrogen) atoms. The van der Waals surface area contributed by atoms with E-state index in [0.29, 0.717) is 0 Å². The van der Waals surface area contributed by atoms with Gasteiger partial charge < -0.3 is 5.32 Å². The maximum Gasteiger partial charge on any atom is 0.0755 e. The van der Waals surface area contributed by atoms with Crippen LogP contribution in [0.4, 0.5) is 0 Å². The van der Waals surface area contributed by atoms with Crippen LogP contribution in [0, 0.1) is 13.8 Å². The predicted octanol–water partition coefficient (Wildman–Crippen LogP) is 3.28. The Labute approximate surface area is 119 Å². The van der Waals surface area contributed by atoms with Crippen LogP contribution >= 0.6 is 11.3 Å². The first-order valence-electron chi connectivity index (χ1n) is 6.96. The molecule has 0 unspecified atom stereocenters. The van der Waals surface area contributed by atoms with Crippen LogP contribution in [0.15, 0.2) is 12.1 Å². The highest BCUT2D eigenvalue weighted by Crippen LogP contribution is 2.20.